The van der Waals surface area contributed by atoms with Gasteiger partial charge >= 0.3 is 0 Å². The fraction of sp³-hybridized carbons (Fsp3) is 0.455. The molecule has 1 N–H and O–H groups in total. The summed E-state index contributed by atoms with van der Waals surface area (Å²) in [7, 11) is 0. The summed E-state index contributed by atoms with van der Waals surface area (Å²) in [6.45, 7) is 2.30. The van der Waals surface area contributed by atoms with Crippen molar-refractivity contribution in [3.8, 4) is 0 Å². The highest BCUT2D eigenvalue weighted by atomic mass is 35.5. The molecule has 1 unspecified atom stereocenters. The van der Waals surface area contributed by atoms with Crippen molar-refractivity contribution in [2.24, 2.45) is 5.92 Å². The van der Waals surface area contributed by atoms with Gasteiger partial charge in [0.05, 0.1) is 17.3 Å². The zero-order valence-electron chi connectivity index (χ0n) is 8.30. The monoisotopic (exact) mass is 229 g/mol. The van der Waals surface area contributed by atoms with Crippen molar-refractivity contribution in [1.29, 1.82) is 0 Å². The van der Waals surface area contributed by atoms with Crippen LogP contribution in [0.2, 0.25) is 5.02 Å². The Balaban J connectivity index is 1.95. The van der Waals surface area contributed by atoms with Crippen LogP contribution in [0.15, 0.2) is 18.2 Å². The first kappa shape index (κ1) is 10.7. The second-order valence-electron chi connectivity index (χ2n) is 3.71. The van der Waals surface area contributed by atoms with Crippen LogP contribution < -0.4 is 5.32 Å². The number of nitrogens with one attached hydrogen (secondary N) is 1. The quantitative estimate of drug-likeness (QED) is 0.861. The third-order valence-corrected chi connectivity index (χ3v) is 2.85. The van der Waals surface area contributed by atoms with Crippen molar-refractivity contribution in [1.82, 2.24) is 0 Å². The van der Waals surface area contributed by atoms with E-state index in [1.807, 2.05) is 0 Å². The van der Waals surface area contributed by atoms with Gasteiger partial charge in [-0.25, -0.2) is 4.39 Å². The number of benzene rings is 1. The van der Waals surface area contributed by atoms with E-state index in [2.05, 4.69) is 5.32 Å². The second kappa shape index (κ2) is 4.81. The number of hydrogen-bond acceptors (Lipinski definition) is 2. The second-order valence-corrected chi connectivity index (χ2v) is 4.12. The van der Waals surface area contributed by atoms with Gasteiger partial charge in [0, 0.05) is 19.1 Å². The van der Waals surface area contributed by atoms with Gasteiger partial charge in [-0.1, -0.05) is 17.7 Å². The Kier molecular flexibility index (Phi) is 3.44. The fourth-order valence-electron chi connectivity index (χ4n) is 1.64. The molecule has 2 rings (SSSR count). The molecular weight excluding hydrogens is 217 g/mol. The Hall–Kier alpha value is -0.800. The SMILES string of the molecule is Fc1c(Cl)cccc1NCC1CCOC1. The summed E-state index contributed by atoms with van der Waals surface area (Å²) in [4.78, 5) is 0. The molecule has 82 valence electrons. The number of hydrogen-bond donors (Lipinski definition) is 1. The zero-order chi connectivity index (χ0) is 10.7. The van der Waals surface area contributed by atoms with Gasteiger partial charge in [0.15, 0.2) is 5.82 Å². The molecule has 1 aromatic carbocycles. The summed E-state index contributed by atoms with van der Waals surface area (Å²) in [6.07, 6.45) is 1.04. The third-order valence-electron chi connectivity index (χ3n) is 2.56. The van der Waals surface area contributed by atoms with Gasteiger partial charge in [-0.3, -0.25) is 0 Å². The minimum Gasteiger partial charge on any atom is -0.382 e. The predicted octanol–water partition coefficient (Wildman–Crippen LogP) is 2.93. The van der Waals surface area contributed by atoms with Crippen LogP contribution in [0.3, 0.4) is 0 Å². The van der Waals surface area contributed by atoms with E-state index in [1.165, 1.54) is 0 Å². The lowest BCUT2D eigenvalue weighted by molar-refractivity contribution is 0.187. The van der Waals surface area contributed by atoms with E-state index in [0.29, 0.717) is 11.6 Å². The van der Waals surface area contributed by atoms with E-state index >= 15 is 0 Å². The minimum absolute atomic E-state index is 0.155. The summed E-state index contributed by atoms with van der Waals surface area (Å²) in [5, 5.41) is 3.21. The van der Waals surface area contributed by atoms with Crippen molar-refractivity contribution in [3.05, 3.63) is 29.0 Å². The molecule has 15 heavy (non-hydrogen) atoms. The van der Waals surface area contributed by atoms with E-state index in [4.69, 9.17) is 16.3 Å². The largest absolute Gasteiger partial charge is 0.382 e. The van der Waals surface area contributed by atoms with Gasteiger partial charge < -0.3 is 10.1 Å². The summed E-state index contributed by atoms with van der Waals surface area (Å²) in [6, 6.07) is 4.97. The molecule has 0 aromatic heterocycles. The first-order valence-corrected chi connectivity index (χ1v) is 5.41. The van der Waals surface area contributed by atoms with Crippen molar-refractivity contribution < 1.29 is 9.13 Å². The Morgan fingerprint density at radius 2 is 2.40 bits per heavy atom. The van der Waals surface area contributed by atoms with Crippen LogP contribution in [-0.4, -0.2) is 19.8 Å². The molecule has 4 heteroatoms. The molecule has 0 radical (unpaired) electrons. The third kappa shape index (κ3) is 2.61. The number of ether oxygens (including phenoxy) is 1. The predicted molar refractivity (Wildman–Crippen MR) is 58.8 cm³/mol. The standard InChI is InChI=1S/C11H13ClFNO/c12-9-2-1-3-10(11(9)13)14-6-8-4-5-15-7-8/h1-3,8,14H,4-7H2. The maximum atomic E-state index is 13.4. The molecule has 1 heterocycles. The van der Waals surface area contributed by atoms with Gasteiger partial charge in [-0.2, -0.15) is 0 Å². The summed E-state index contributed by atoms with van der Waals surface area (Å²) >= 11 is 5.67. The maximum absolute atomic E-state index is 13.4. The molecular formula is C11H13ClFNO. The van der Waals surface area contributed by atoms with Crippen LogP contribution in [0.5, 0.6) is 0 Å². The molecule has 1 aromatic rings. The highest BCUT2D eigenvalue weighted by molar-refractivity contribution is 6.31. The average Bonchev–Trinajstić information content (AvgIpc) is 2.73. The van der Waals surface area contributed by atoms with Crippen LogP contribution in [0.1, 0.15) is 6.42 Å². The first-order chi connectivity index (χ1) is 7.27. The Morgan fingerprint density at radius 1 is 1.53 bits per heavy atom. The van der Waals surface area contributed by atoms with Crippen LogP contribution in [-0.2, 0) is 4.74 Å². The smallest absolute Gasteiger partial charge is 0.164 e. The van der Waals surface area contributed by atoms with Crippen LogP contribution >= 0.6 is 11.6 Å². The zero-order valence-corrected chi connectivity index (χ0v) is 9.06. The molecule has 0 amide bonds. The van der Waals surface area contributed by atoms with Gasteiger partial charge in [0.2, 0.25) is 0 Å². The molecule has 0 aliphatic carbocycles. The highest BCUT2D eigenvalue weighted by Crippen LogP contribution is 2.22. The van der Waals surface area contributed by atoms with E-state index < -0.39 is 0 Å². The molecule has 0 saturated carbocycles. The molecule has 2 nitrogen and oxygen atoms in total. The van der Waals surface area contributed by atoms with E-state index in [1.54, 1.807) is 18.2 Å². The van der Waals surface area contributed by atoms with Crippen LogP contribution in [0.4, 0.5) is 10.1 Å². The topological polar surface area (TPSA) is 21.3 Å². The summed E-state index contributed by atoms with van der Waals surface area (Å²) in [5.74, 6) is 0.0986. The molecule has 0 bridgehead atoms. The van der Waals surface area contributed by atoms with Gasteiger partial charge in [0.1, 0.15) is 0 Å². The highest BCUT2D eigenvalue weighted by Gasteiger charge is 2.16. The maximum Gasteiger partial charge on any atom is 0.164 e. The number of rotatable bonds is 3. The van der Waals surface area contributed by atoms with E-state index in [-0.39, 0.29) is 10.8 Å². The van der Waals surface area contributed by atoms with E-state index in [9.17, 15) is 4.39 Å². The Labute approximate surface area is 93.4 Å². The normalized spacial score (nSPS) is 20.5. The fourth-order valence-corrected chi connectivity index (χ4v) is 1.81. The van der Waals surface area contributed by atoms with E-state index in [0.717, 1.165) is 26.2 Å². The van der Waals surface area contributed by atoms with Gasteiger partial charge in [0.25, 0.3) is 0 Å². The first-order valence-electron chi connectivity index (χ1n) is 5.03. The van der Waals surface area contributed by atoms with Gasteiger partial charge in [-0.15, -0.1) is 0 Å². The molecule has 1 aliphatic rings. The van der Waals surface area contributed by atoms with Crippen molar-refractivity contribution in [2.75, 3.05) is 25.1 Å². The van der Waals surface area contributed by atoms with Crippen LogP contribution in [0, 0.1) is 11.7 Å². The lowest BCUT2D eigenvalue weighted by atomic mass is 10.1. The van der Waals surface area contributed by atoms with Crippen molar-refractivity contribution in [2.45, 2.75) is 6.42 Å². The van der Waals surface area contributed by atoms with Crippen molar-refractivity contribution >= 4 is 17.3 Å². The lowest BCUT2D eigenvalue weighted by Gasteiger charge is -2.11. The Morgan fingerprint density at radius 3 is 3.13 bits per heavy atom. The Bertz CT molecular complexity index is 339. The average molecular weight is 230 g/mol. The summed E-state index contributed by atoms with van der Waals surface area (Å²) < 4.78 is 18.7. The molecule has 1 aliphatic heterocycles. The van der Waals surface area contributed by atoms with Crippen molar-refractivity contribution in [3.63, 3.8) is 0 Å². The molecule has 1 fully saturated rings. The lowest BCUT2D eigenvalue weighted by Crippen LogP contribution is -2.14. The molecule has 1 atom stereocenters. The minimum atomic E-state index is -0.377. The summed E-state index contributed by atoms with van der Waals surface area (Å²) in [5.41, 5.74) is 0.467. The molecule has 1 saturated heterocycles. The number of anilines is 1. The van der Waals surface area contributed by atoms with Gasteiger partial charge in [-0.05, 0) is 18.6 Å². The van der Waals surface area contributed by atoms with Crippen LogP contribution in [0.25, 0.3) is 0 Å². The number of halogens is 2. The molecule has 0 spiro atoms.